The molecule has 2 aromatic heterocycles. The number of hydrogen-bond acceptors (Lipinski definition) is 6. The molecule has 0 bridgehead atoms. The van der Waals surface area contributed by atoms with Gasteiger partial charge in [-0.2, -0.15) is 0 Å². The van der Waals surface area contributed by atoms with Gasteiger partial charge in [-0.05, 0) is 25.0 Å². The normalized spacial score (nSPS) is 20.9. The minimum Gasteiger partial charge on any atom is -0.469 e. The number of thioether (sulfide) groups is 1. The second kappa shape index (κ2) is 7.28. The number of ether oxygens (including phenoxy) is 1. The molecule has 2 atom stereocenters. The summed E-state index contributed by atoms with van der Waals surface area (Å²) in [6.07, 6.45) is 6.64. The van der Waals surface area contributed by atoms with Crippen LogP contribution < -0.4 is 4.74 Å². The van der Waals surface area contributed by atoms with E-state index in [1.165, 1.54) is 31.2 Å². The van der Waals surface area contributed by atoms with Crippen LogP contribution >= 0.6 is 27.7 Å². The van der Waals surface area contributed by atoms with Gasteiger partial charge in [0.15, 0.2) is 12.4 Å². The van der Waals surface area contributed by atoms with Crippen molar-refractivity contribution in [1.29, 1.82) is 0 Å². The lowest BCUT2D eigenvalue weighted by Gasteiger charge is -2.24. The molecule has 1 saturated carbocycles. The van der Waals surface area contributed by atoms with Crippen molar-refractivity contribution in [2.45, 2.75) is 48.5 Å². The molecule has 2 unspecified atom stereocenters. The van der Waals surface area contributed by atoms with E-state index in [1.807, 2.05) is 42.1 Å². The molecule has 1 fully saturated rings. The minimum atomic E-state index is 0.315. The van der Waals surface area contributed by atoms with Crippen LogP contribution in [0.2, 0.25) is 0 Å². The maximum absolute atomic E-state index is 6.05. The third-order valence-electron chi connectivity index (χ3n) is 5.20. The molecule has 1 aromatic carbocycles. The molecular formula is C20H18BrN3O2S. The predicted octanol–water partition coefficient (Wildman–Crippen LogP) is 5.61. The summed E-state index contributed by atoms with van der Waals surface area (Å²) in [5, 5.41) is 5.87. The Balaban J connectivity index is 1.33. The quantitative estimate of drug-likeness (QED) is 0.488. The first-order chi connectivity index (χ1) is 13.3. The highest BCUT2D eigenvalue weighted by atomic mass is 79.9. The molecular weight excluding hydrogens is 426 g/mol. The smallest absolute Gasteiger partial charge is 0.221 e. The van der Waals surface area contributed by atoms with Crippen LogP contribution in [0.5, 0.6) is 5.88 Å². The topological polar surface area (TPSA) is 61.0 Å². The summed E-state index contributed by atoms with van der Waals surface area (Å²) in [4.78, 5) is 8.90. The van der Waals surface area contributed by atoms with Gasteiger partial charge in [-0.25, -0.2) is 9.97 Å². The van der Waals surface area contributed by atoms with Gasteiger partial charge in [0.1, 0.15) is 17.0 Å². The number of benzene rings is 1. The molecule has 7 heteroatoms. The lowest BCUT2D eigenvalue weighted by Crippen LogP contribution is -2.16. The molecule has 27 heavy (non-hydrogen) atoms. The molecule has 0 radical (unpaired) electrons. The third-order valence-corrected chi connectivity index (χ3v) is 7.14. The van der Waals surface area contributed by atoms with Crippen molar-refractivity contribution in [2.75, 3.05) is 0 Å². The molecule has 1 aliphatic heterocycles. The fourth-order valence-corrected chi connectivity index (χ4v) is 5.62. The summed E-state index contributed by atoms with van der Waals surface area (Å²) in [5.74, 6) is 1.90. The molecule has 3 aromatic rings. The summed E-state index contributed by atoms with van der Waals surface area (Å²) in [5.41, 5.74) is 3.01. The fraction of sp³-hybridized carbons (Fsp3) is 0.350. The first-order valence-corrected chi connectivity index (χ1v) is 10.8. The number of rotatable bonds is 4. The highest BCUT2D eigenvalue weighted by Crippen LogP contribution is 2.53. The highest BCUT2D eigenvalue weighted by molar-refractivity contribution is 9.10. The van der Waals surface area contributed by atoms with Crippen LogP contribution in [0.25, 0.3) is 11.3 Å². The lowest BCUT2D eigenvalue weighted by atomic mass is 9.85. The van der Waals surface area contributed by atoms with Crippen molar-refractivity contribution in [3.63, 3.8) is 0 Å². The summed E-state index contributed by atoms with van der Waals surface area (Å²) in [6, 6.07) is 9.91. The Kier molecular flexibility index (Phi) is 4.65. The van der Waals surface area contributed by atoms with E-state index < -0.39 is 0 Å². The molecule has 138 valence electrons. The van der Waals surface area contributed by atoms with Gasteiger partial charge >= 0.3 is 0 Å². The SMILES string of the molecule is Brc1ccc(-c2cc(COc3ncnc4c3C3CCCCC3S4)on2)cc1. The van der Waals surface area contributed by atoms with E-state index >= 15 is 0 Å². The van der Waals surface area contributed by atoms with Gasteiger partial charge in [-0.1, -0.05) is 46.1 Å². The Bertz CT molecular complexity index is 960. The molecule has 2 aliphatic rings. The van der Waals surface area contributed by atoms with Gasteiger partial charge in [0.25, 0.3) is 0 Å². The highest BCUT2D eigenvalue weighted by Gasteiger charge is 2.39. The molecule has 5 nitrogen and oxygen atoms in total. The van der Waals surface area contributed by atoms with Crippen LogP contribution in [0.15, 0.2) is 50.7 Å². The number of hydrogen-bond donors (Lipinski definition) is 0. The van der Waals surface area contributed by atoms with Crippen LogP contribution in [0.1, 0.15) is 42.9 Å². The summed E-state index contributed by atoms with van der Waals surface area (Å²) in [7, 11) is 0. The van der Waals surface area contributed by atoms with Gasteiger partial charge in [-0.3, -0.25) is 0 Å². The Morgan fingerprint density at radius 2 is 2.00 bits per heavy atom. The molecule has 0 saturated heterocycles. The van der Waals surface area contributed by atoms with E-state index in [0.29, 0.717) is 29.4 Å². The first kappa shape index (κ1) is 17.3. The summed E-state index contributed by atoms with van der Waals surface area (Å²) < 4.78 is 12.5. The van der Waals surface area contributed by atoms with Crippen molar-refractivity contribution in [1.82, 2.24) is 15.1 Å². The third kappa shape index (κ3) is 3.38. The van der Waals surface area contributed by atoms with E-state index in [2.05, 4.69) is 31.1 Å². The minimum absolute atomic E-state index is 0.315. The molecule has 0 amide bonds. The zero-order valence-electron chi connectivity index (χ0n) is 14.6. The monoisotopic (exact) mass is 443 g/mol. The second-order valence-electron chi connectivity index (χ2n) is 6.92. The van der Waals surface area contributed by atoms with Crippen LogP contribution in [0.3, 0.4) is 0 Å². The fourth-order valence-electron chi connectivity index (χ4n) is 3.88. The van der Waals surface area contributed by atoms with Gasteiger partial charge in [-0.15, -0.1) is 11.8 Å². The number of halogens is 1. The van der Waals surface area contributed by atoms with Gasteiger partial charge < -0.3 is 9.26 Å². The van der Waals surface area contributed by atoms with Gasteiger partial charge in [0.05, 0.1) is 5.56 Å². The van der Waals surface area contributed by atoms with E-state index in [4.69, 9.17) is 9.26 Å². The molecule has 5 rings (SSSR count). The van der Waals surface area contributed by atoms with Crippen LogP contribution in [-0.4, -0.2) is 20.4 Å². The van der Waals surface area contributed by atoms with E-state index in [9.17, 15) is 0 Å². The average Bonchev–Trinajstić information content (AvgIpc) is 3.31. The predicted molar refractivity (Wildman–Crippen MR) is 107 cm³/mol. The Morgan fingerprint density at radius 1 is 1.15 bits per heavy atom. The molecule has 1 aliphatic carbocycles. The Labute approximate surface area is 170 Å². The maximum atomic E-state index is 6.05. The van der Waals surface area contributed by atoms with E-state index in [-0.39, 0.29) is 0 Å². The van der Waals surface area contributed by atoms with Crippen molar-refractivity contribution in [2.24, 2.45) is 0 Å². The lowest BCUT2D eigenvalue weighted by molar-refractivity contribution is 0.236. The summed E-state index contributed by atoms with van der Waals surface area (Å²) in [6.45, 7) is 0.315. The van der Waals surface area contributed by atoms with Crippen LogP contribution in [0.4, 0.5) is 0 Å². The van der Waals surface area contributed by atoms with Crippen molar-refractivity contribution in [3.8, 4) is 17.1 Å². The zero-order valence-corrected chi connectivity index (χ0v) is 17.0. The molecule has 0 N–H and O–H groups in total. The summed E-state index contributed by atoms with van der Waals surface area (Å²) >= 11 is 5.33. The van der Waals surface area contributed by atoms with Crippen molar-refractivity contribution >= 4 is 27.7 Å². The number of fused-ring (bicyclic) bond motifs is 3. The molecule has 3 heterocycles. The number of nitrogens with zero attached hydrogens (tertiary/aromatic N) is 3. The van der Waals surface area contributed by atoms with Crippen LogP contribution in [0, 0.1) is 0 Å². The second-order valence-corrected chi connectivity index (χ2v) is 9.06. The largest absolute Gasteiger partial charge is 0.469 e. The van der Waals surface area contributed by atoms with E-state index in [1.54, 1.807) is 6.33 Å². The van der Waals surface area contributed by atoms with Crippen LogP contribution in [-0.2, 0) is 6.61 Å². The molecule has 0 spiro atoms. The maximum Gasteiger partial charge on any atom is 0.221 e. The van der Waals surface area contributed by atoms with Gasteiger partial charge in [0.2, 0.25) is 5.88 Å². The Hall–Kier alpha value is -1.86. The average molecular weight is 444 g/mol. The van der Waals surface area contributed by atoms with E-state index in [0.717, 1.165) is 20.8 Å². The van der Waals surface area contributed by atoms with Crippen molar-refractivity contribution < 1.29 is 9.26 Å². The zero-order chi connectivity index (χ0) is 18.2. The van der Waals surface area contributed by atoms with Crippen molar-refractivity contribution in [3.05, 3.63) is 52.5 Å². The standard InChI is InChI=1S/C20H18BrN3O2S/c21-13-7-5-12(6-8-13)16-9-14(26-24-16)10-25-19-18-15-3-1-2-4-17(15)27-20(18)23-11-22-19/h5-9,11,15,17H,1-4,10H2. The first-order valence-electron chi connectivity index (χ1n) is 9.14. The number of aromatic nitrogens is 3. The Morgan fingerprint density at radius 3 is 2.89 bits per heavy atom. The van der Waals surface area contributed by atoms with Gasteiger partial charge in [0, 0.05) is 27.3 Å².